The summed E-state index contributed by atoms with van der Waals surface area (Å²) in [6, 6.07) is 7.00. The van der Waals surface area contributed by atoms with Crippen LogP contribution < -0.4 is 5.73 Å². The van der Waals surface area contributed by atoms with Crippen LogP contribution in [0.2, 0.25) is 0 Å². The van der Waals surface area contributed by atoms with Crippen LogP contribution in [0.25, 0.3) is 0 Å². The van der Waals surface area contributed by atoms with Crippen molar-refractivity contribution < 1.29 is 0 Å². The van der Waals surface area contributed by atoms with Crippen molar-refractivity contribution in [1.29, 1.82) is 0 Å². The van der Waals surface area contributed by atoms with E-state index in [0.717, 1.165) is 19.5 Å². The summed E-state index contributed by atoms with van der Waals surface area (Å²) < 4.78 is 0. The molecule has 0 aromatic heterocycles. The summed E-state index contributed by atoms with van der Waals surface area (Å²) in [5, 5.41) is 0. The predicted molar refractivity (Wildman–Crippen MR) is 75.1 cm³/mol. The maximum atomic E-state index is 5.76. The van der Waals surface area contributed by atoms with Gasteiger partial charge < -0.3 is 10.6 Å². The molecule has 1 aromatic rings. The molecule has 2 heteroatoms. The lowest BCUT2D eigenvalue weighted by Crippen LogP contribution is -2.22. The third-order valence-corrected chi connectivity index (χ3v) is 3.14. The van der Waals surface area contributed by atoms with Gasteiger partial charge in [-0.3, -0.25) is 0 Å². The molecule has 0 spiro atoms. The van der Waals surface area contributed by atoms with Crippen molar-refractivity contribution in [2.75, 3.05) is 13.6 Å². The fourth-order valence-corrected chi connectivity index (χ4v) is 2.02. The molecular formula is C15H26N2. The van der Waals surface area contributed by atoms with Crippen molar-refractivity contribution in [1.82, 2.24) is 4.90 Å². The van der Waals surface area contributed by atoms with Gasteiger partial charge in [-0.15, -0.1) is 0 Å². The van der Waals surface area contributed by atoms with Gasteiger partial charge in [0.25, 0.3) is 0 Å². The van der Waals surface area contributed by atoms with Gasteiger partial charge in [-0.2, -0.15) is 0 Å². The molecule has 0 saturated carbocycles. The summed E-state index contributed by atoms with van der Waals surface area (Å²) in [5.41, 5.74) is 9.92. The molecule has 2 nitrogen and oxygen atoms in total. The lowest BCUT2D eigenvalue weighted by atomic mass is 10.1. The smallest absolute Gasteiger partial charge is 0.0233 e. The first kappa shape index (κ1) is 14.2. The summed E-state index contributed by atoms with van der Waals surface area (Å²) in [5.74, 6) is 0. The standard InChI is InChI=1S/C15H26N2/c1-12-7-8-13(2)15(10-12)11-17(4)9-5-6-14(3)16/h7-8,10,14H,5-6,9,11,16H2,1-4H3. The van der Waals surface area contributed by atoms with Gasteiger partial charge in [0, 0.05) is 12.6 Å². The molecule has 0 heterocycles. The van der Waals surface area contributed by atoms with Crippen molar-refractivity contribution in [2.24, 2.45) is 5.73 Å². The fourth-order valence-electron chi connectivity index (χ4n) is 2.02. The first-order valence-corrected chi connectivity index (χ1v) is 6.49. The quantitative estimate of drug-likeness (QED) is 0.820. The molecule has 0 fully saturated rings. The van der Waals surface area contributed by atoms with E-state index in [4.69, 9.17) is 5.73 Å². The van der Waals surface area contributed by atoms with Gasteiger partial charge in [0.2, 0.25) is 0 Å². The number of hydrogen-bond donors (Lipinski definition) is 1. The number of rotatable bonds is 6. The molecule has 0 aliphatic carbocycles. The minimum absolute atomic E-state index is 0.323. The molecule has 1 atom stereocenters. The minimum atomic E-state index is 0.323. The van der Waals surface area contributed by atoms with E-state index in [2.05, 4.69) is 50.9 Å². The van der Waals surface area contributed by atoms with Gasteiger partial charge in [-0.1, -0.05) is 23.8 Å². The maximum absolute atomic E-state index is 5.76. The maximum Gasteiger partial charge on any atom is 0.0233 e. The molecule has 0 aliphatic heterocycles. The normalized spacial score (nSPS) is 13.1. The molecule has 1 unspecified atom stereocenters. The molecule has 2 N–H and O–H groups in total. The molecule has 0 saturated heterocycles. The number of nitrogens with zero attached hydrogens (tertiary/aromatic N) is 1. The molecule has 17 heavy (non-hydrogen) atoms. The zero-order chi connectivity index (χ0) is 12.8. The summed E-state index contributed by atoms with van der Waals surface area (Å²) in [6.45, 7) is 8.57. The Balaban J connectivity index is 2.44. The van der Waals surface area contributed by atoms with Crippen LogP contribution in [0.4, 0.5) is 0 Å². The van der Waals surface area contributed by atoms with Crippen LogP contribution in [0.5, 0.6) is 0 Å². The summed E-state index contributed by atoms with van der Waals surface area (Å²) >= 11 is 0. The number of nitrogens with two attached hydrogens (primary N) is 1. The lowest BCUT2D eigenvalue weighted by Gasteiger charge is -2.19. The van der Waals surface area contributed by atoms with E-state index in [0.29, 0.717) is 6.04 Å². The van der Waals surface area contributed by atoms with E-state index in [1.165, 1.54) is 23.1 Å². The largest absolute Gasteiger partial charge is 0.328 e. The van der Waals surface area contributed by atoms with E-state index in [9.17, 15) is 0 Å². The summed E-state index contributed by atoms with van der Waals surface area (Å²) in [6.07, 6.45) is 2.29. The minimum Gasteiger partial charge on any atom is -0.328 e. The van der Waals surface area contributed by atoms with Crippen LogP contribution >= 0.6 is 0 Å². The Morgan fingerprint density at radius 3 is 2.65 bits per heavy atom. The SMILES string of the molecule is Cc1ccc(C)c(CN(C)CCCC(C)N)c1. The Morgan fingerprint density at radius 1 is 1.29 bits per heavy atom. The summed E-state index contributed by atoms with van der Waals surface area (Å²) in [4.78, 5) is 2.38. The molecule has 0 aliphatic rings. The van der Waals surface area contributed by atoms with E-state index < -0.39 is 0 Å². The fraction of sp³-hybridized carbons (Fsp3) is 0.600. The average Bonchev–Trinajstić information content (AvgIpc) is 2.23. The molecule has 1 rings (SSSR count). The van der Waals surface area contributed by atoms with Crippen molar-refractivity contribution in [3.05, 3.63) is 34.9 Å². The van der Waals surface area contributed by atoms with Gasteiger partial charge in [0.05, 0.1) is 0 Å². The highest BCUT2D eigenvalue weighted by atomic mass is 15.1. The Bertz CT molecular complexity index is 345. The third kappa shape index (κ3) is 5.33. The highest BCUT2D eigenvalue weighted by Gasteiger charge is 2.04. The zero-order valence-electron chi connectivity index (χ0n) is 11.7. The van der Waals surface area contributed by atoms with Crippen molar-refractivity contribution in [3.63, 3.8) is 0 Å². The number of aryl methyl sites for hydroxylation is 2. The van der Waals surface area contributed by atoms with E-state index >= 15 is 0 Å². The summed E-state index contributed by atoms with van der Waals surface area (Å²) in [7, 11) is 2.18. The van der Waals surface area contributed by atoms with Gasteiger partial charge in [0.15, 0.2) is 0 Å². The zero-order valence-corrected chi connectivity index (χ0v) is 11.7. The molecular weight excluding hydrogens is 208 g/mol. The highest BCUT2D eigenvalue weighted by Crippen LogP contribution is 2.13. The number of benzene rings is 1. The topological polar surface area (TPSA) is 29.3 Å². The molecule has 0 radical (unpaired) electrons. The van der Waals surface area contributed by atoms with Crippen LogP contribution in [0.3, 0.4) is 0 Å². The molecule has 0 amide bonds. The van der Waals surface area contributed by atoms with Crippen LogP contribution in [0, 0.1) is 13.8 Å². The van der Waals surface area contributed by atoms with Crippen molar-refractivity contribution in [3.8, 4) is 0 Å². The van der Waals surface area contributed by atoms with Crippen molar-refractivity contribution in [2.45, 2.75) is 46.2 Å². The second kappa shape index (κ2) is 6.77. The van der Waals surface area contributed by atoms with Gasteiger partial charge in [0.1, 0.15) is 0 Å². The highest BCUT2D eigenvalue weighted by molar-refractivity contribution is 5.30. The van der Waals surface area contributed by atoms with Crippen LogP contribution in [-0.4, -0.2) is 24.5 Å². The number of hydrogen-bond acceptors (Lipinski definition) is 2. The Labute approximate surface area is 106 Å². The lowest BCUT2D eigenvalue weighted by molar-refractivity contribution is 0.314. The van der Waals surface area contributed by atoms with Crippen molar-refractivity contribution >= 4 is 0 Å². The Morgan fingerprint density at radius 2 is 2.00 bits per heavy atom. The third-order valence-electron chi connectivity index (χ3n) is 3.14. The average molecular weight is 234 g/mol. The van der Waals surface area contributed by atoms with Gasteiger partial charge in [-0.05, 0) is 58.3 Å². The van der Waals surface area contributed by atoms with Gasteiger partial charge in [-0.25, -0.2) is 0 Å². The van der Waals surface area contributed by atoms with E-state index in [1.54, 1.807) is 0 Å². The molecule has 1 aromatic carbocycles. The monoisotopic (exact) mass is 234 g/mol. The van der Waals surface area contributed by atoms with Crippen LogP contribution in [-0.2, 0) is 6.54 Å². The molecule has 0 bridgehead atoms. The Kier molecular flexibility index (Phi) is 5.66. The molecule has 96 valence electrons. The second-order valence-corrected chi connectivity index (χ2v) is 5.29. The second-order valence-electron chi connectivity index (χ2n) is 5.29. The van der Waals surface area contributed by atoms with E-state index in [-0.39, 0.29) is 0 Å². The van der Waals surface area contributed by atoms with Gasteiger partial charge >= 0.3 is 0 Å². The van der Waals surface area contributed by atoms with E-state index in [1.807, 2.05) is 0 Å². The van der Waals surface area contributed by atoms with Crippen LogP contribution in [0.1, 0.15) is 36.5 Å². The predicted octanol–water partition coefficient (Wildman–Crippen LogP) is 2.86. The Hall–Kier alpha value is -0.860. The first-order chi connectivity index (χ1) is 7.99. The first-order valence-electron chi connectivity index (χ1n) is 6.49. The van der Waals surface area contributed by atoms with Crippen LogP contribution in [0.15, 0.2) is 18.2 Å².